The summed E-state index contributed by atoms with van der Waals surface area (Å²) in [7, 11) is 0. The second-order valence-electron chi connectivity index (χ2n) is 7.14. The highest BCUT2D eigenvalue weighted by atomic mass is 19.1. The standard InChI is InChI=1S/C25H23FN2O4/c1-17(29)32-22-7-4-6-20(15-22)25(31)28-21-12-9-18(10-13-21)16-27-24(30)14-11-19-5-2-3-8-23(19)26/h2-10,12-13,15H,11,14,16H2,1H3,(H,27,30)(H,28,31). The van der Waals surface area contributed by atoms with Gasteiger partial charge in [0.1, 0.15) is 11.6 Å². The van der Waals surface area contributed by atoms with Gasteiger partial charge in [-0.25, -0.2) is 4.39 Å². The molecule has 0 aliphatic carbocycles. The molecule has 0 aliphatic rings. The molecule has 3 aromatic carbocycles. The van der Waals surface area contributed by atoms with E-state index in [4.69, 9.17) is 4.74 Å². The molecule has 0 atom stereocenters. The summed E-state index contributed by atoms with van der Waals surface area (Å²) < 4.78 is 18.6. The summed E-state index contributed by atoms with van der Waals surface area (Å²) in [6.07, 6.45) is 0.531. The number of carbonyl (C=O) groups is 3. The molecule has 0 radical (unpaired) electrons. The van der Waals surface area contributed by atoms with Gasteiger partial charge in [-0.3, -0.25) is 14.4 Å². The van der Waals surface area contributed by atoms with Gasteiger partial charge in [0.15, 0.2) is 0 Å². The second kappa shape index (κ2) is 10.9. The van der Waals surface area contributed by atoms with Crippen molar-refractivity contribution in [1.29, 1.82) is 0 Å². The zero-order chi connectivity index (χ0) is 22.9. The molecule has 2 amide bonds. The van der Waals surface area contributed by atoms with Crippen molar-refractivity contribution in [3.8, 4) is 5.75 Å². The van der Waals surface area contributed by atoms with Crippen LogP contribution in [0.3, 0.4) is 0 Å². The molecule has 0 spiro atoms. The maximum Gasteiger partial charge on any atom is 0.308 e. The largest absolute Gasteiger partial charge is 0.427 e. The Morgan fingerprint density at radius 1 is 0.938 bits per heavy atom. The third kappa shape index (κ3) is 6.77. The molecule has 0 unspecified atom stereocenters. The van der Waals surface area contributed by atoms with Crippen molar-refractivity contribution >= 4 is 23.5 Å². The topological polar surface area (TPSA) is 84.5 Å². The molecule has 0 aliphatic heterocycles. The Morgan fingerprint density at radius 2 is 1.69 bits per heavy atom. The number of hydrogen-bond acceptors (Lipinski definition) is 4. The monoisotopic (exact) mass is 434 g/mol. The van der Waals surface area contributed by atoms with Crippen molar-refractivity contribution in [2.75, 3.05) is 5.32 Å². The number of rotatable bonds is 8. The van der Waals surface area contributed by atoms with E-state index in [1.807, 2.05) is 0 Å². The third-order valence-electron chi connectivity index (χ3n) is 4.64. The molecule has 164 valence electrons. The Morgan fingerprint density at radius 3 is 2.41 bits per heavy atom. The summed E-state index contributed by atoms with van der Waals surface area (Å²) in [6.45, 7) is 1.62. The molecule has 0 saturated heterocycles. The Labute approximate surface area is 185 Å². The van der Waals surface area contributed by atoms with Crippen molar-refractivity contribution in [3.63, 3.8) is 0 Å². The van der Waals surface area contributed by atoms with Crippen molar-refractivity contribution in [2.24, 2.45) is 0 Å². The number of benzene rings is 3. The van der Waals surface area contributed by atoms with Gasteiger partial charge in [0.2, 0.25) is 5.91 Å². The van der Waals surface area contributed by atoms with Crippen LogP contribution in [0.4, 0.5) is 10.1 Å². The van der Waals surface area contributed by atoms with Crippen LogP contribution in [-0.2, 0) is 22.6 Å². The molecule has 0 bridgehead atoms. The Bertz CT molecular complexity index is 1110. The van der Waals surface area contributed by atoms with E-state index in [0.29, 0.717) is 35.5 Å². The number of halogens is 1. The minimum absolute atomic E-state index is 0.168. The number of ether oxygens (including phenoxy) is 1. The SMILES string of the molecule is CC(=O)Oc1cccc(C(=O)Nc2ccc(CNC(=O)CCc3ccccc3F)cc2)c1. The Hall–Kier alpha value is -4.00. The van der Waals surface area contributed by atoms with Crippen LogP contribution in [-0.4, -0.2) is 17.8 Å². The van der Waals surface area contributed by atoms with Gasteiger partial charge in [-0.2, -0.15) is 0 Å². The predicted octanol–water partition coefficient (Wildman–Crippen LogP) is 4.25. The fourth-order valence-electron chi connectivity index (χ4n) is 3.01. The summed E-state index contributed by atoms with van der Waals surface area (Å²) in [6, 6.07) is 19.8. The van der Waals surface area contributed by atoms with E-state index in [2.05, 4.69) is 10.6 Å². The molecule has 6 nitrogen and oxygen atoms in total. The van der Waals surface area contributed by atoms with Gasteiger partial charge in [0, 0.05) is 31.1 Å². The van der Waals surface area contributed by atoms with E-state index in [1.165, 1.54) is 19.1 Å². The van der Waals surface area contributed by atoms with Gasteiger partial charge < -0.3 is 15.4 Å². The maximum absolute atomic E-state index is 13.6. The van der Waals surface area contributed by atoms with Crippen LogP contribution in [0.2, 0.25) is 0 Å². The van der Waals surface area contributed by atoms with Gasteiger partial charge in [-0.05, 0) is 53.9 Å². The summed E-state index contributed by atoms with van der Waals surface area (Å²) in [5.74, 6) is -0.980. The number of hydrogen-bond donors (Lipinski definition) is 2. The third-order valence-corrected chi connectivity index (χ3v) is 4.64. The van der Waals surface area contributed by atoms with Crippen LogP contribution in [0, 0.1) is 5.82 Å². The van der Waals surface area contributed by atoms with Gasteiger partial charge in [-0.15, -0.1) is 0 Å². The molecule has 7 heteroatoms. The van der Waals surface area contributed by atoms with Crippen molar-refractivity contribution in [2.45, 2.75) is 26.3 Å². The zero-order valence-corrected chi connectivity index (χ0v) is 17.6. The average molecular weight is 434 g/mol. The summed E-state index contributed by atoms with van der Waals surface area (Å²) in [5.41, 5.74) is 2.32. The van der Waals surface area contributed by atoms with Crippen LogP contribution in [0.15, 0.2) is 72.8 Å². The number of anilines is 1. The molecule has 2 N–H and O–H groups in total. The van der Waals surface area contributed by atoms with Gasteiger partial charge in [0.25, 0.3) is 5.91 Å². The molecular weight excluding hydrogens is 411 g/mol. The van der Waals surface area contributed by atoms with Crippen LogP contribution in [0.25, 0.3) is 0 Å². The fourth-order valence-corrected chi connectivity index (χ4v) is 3.01. The Balaban J connectivity index is 1.48. The minimum atomic E-state index is -0.461. The van der Waals surface area contributed by atoms with E-state index >= 15 is 0 Å². The molecular formula is C25H23FN2O4. The number of aryl methyl sites for hydroxylation is 1. The molecule has 32 heavy (non-hydrogen) atoms. The number of carbonyl (C=O) groups excluding carboxylic acids is 3. The summed E-state index contributed by atoms with van der Waals surface area (Å²) in [5, 5.41) is 5.58. The fraction of sp³-hybridized carbons (Fsp3) is 0.160. The Kier molecular flexibility index (Phi) is 7.70. The molecule has 0 aromatic heterocycles. The molecule has 0 saturated carbocycles. The first-order valence-corrected chi connectivity index (χ1v) is 10.1. The normalized spacial score (nSPS) is 10.3. The number of nitrogens with one attached hydrogen (secondary N) is 2. The smallest absolute Gasteiger partial charge is 0.308 e. The molecule has 3 aromatic rings. The van der Waals surface area contributed by atoms with E-state index < -0.39 is 5.97 Å². The van der Waals surface area contributed by atoms with Gasteiger partial charge in [-0.1, -0.05) is 36.4 Å². The van der Waals surface area contributed by atoms with E-state index in [1.54, 1.807) is 60.7 Å². The van der Waals surface area contributed by atoms with Crippen molar-refractivity contribution in [3.05, 3.63) is 95.3 Å². The average Bonchev–Trinajstić information content (AvgIpc) is 2.78. The van der Waals surface area contributed by atoms with Crippen LogP contribution < -0.4 is 15.4 Å². The van der Waals surface area contributed by atoms with Crippen LogP contribution in [0.1, 0.15) is 34.8 Å². The first kappa shape index (κ1) is 22.7. The zero-order valence-electron chi connectivity index (χ0n) is 17.6. The lowest BCUT2D eigenvalue weighted by atomic mass is 10.1. The number of esters is 1. The van der Waals surface area contributed by atoms with Gasteiger partial charge >= 0.3 is 5.97 Å². The van der Waals surface area contributed by atoms with E-state index in [-0.39, 0.29) is 24.1 Å². The summed E-state index contributed by atoms with van der Waals surface area (Å²) in [4.78, 5) is 35.5. The molecule has 3 rings (SSSR count). The highest BCUT2D eigenvalue weighted by Gasteiger charge is 2.09. The molecule has 0 fully saturated rings. The van der Waals surface area contributed by atoms with Crippen molar-refractivity contribution in [1.82, 2.24) is 5.32 Å². The van der Waals surface area contributed by atoms with Crippen molar-refractivity contribution < 1.29 is 23.5 Å². The van der Waals surface area contributed by atoms with Crippen LogP contribution in [0.5, 0.6) is 5.75 Å². The lowest BCUT2D eigenvalue weighted by Gasteiger charge is -2.09. The first-order chi connectivity index (χ1) is 15.4. The lowest BCUT2D eigenvalue weighted by molar-refractivity contribution is -0.131. The van der Waals surface area contributed by atoms with E-state index in [9.17, 15) is 18.8 Å². The predicted molar refractivity (Wildman–Crippen MR) is 119 cm³/mol. The van der Waals surface area contributed by atoms with E-state index in [0.717, 1.165) is 5.56 Å². The highest BCUT2D eigenvalue weighted by Crippen LogP contribution is 2.16. The second-order valence-corrected chi connectivity index (χ2v) is 7.14. The molecule has 0 heterocycles. The quantitative estimate of drug-likeness (QED) is 0.410. The minimum Gasteiger partial charge on any atom is -0.427 e. The van der Waals surface area contributed by atoms with Crippen LogP contribution >= 0.6 is 0 Å². The maximum atomic E-state index is 13.6. The summed E-state index contributed by atoms with van der Waals surface area (Å²) >= 11 is 0. The lowest BCUT2D eigenvalue weighted by Crippen LogP contribution is -2.23. The number of amides is 2. The highest BCUT2D eigenvalue weighted by molar-refractivity contribution is 6.04. The first-order valence-electron chi connectivity index (χ1n) is 10.1. The van der Waals surface area contributed by atoms with Gasteiger partial charge in [0.05, 0.1) is 0 Å².